The van der Waals surface area contributed by atoms with Crippen molar-refractivity contribution in [2.75, 3.05) is 11.9 Å². The van der Waals surface area contributed by atoms with E-state index >= 15 is 0 Å². The van der Waals surface area contributed by atoms with E-state index in [9.17, 15) is 32.3 Å². The minimum Gasteiger partial charge on any atom is -0.482 e. The van der Waals surface area contributed by atoms with Crippen LogP contribution in [0.15, 0.2) is 59.4 Å². The number of ether oxygens (including phenoxy) is 1. The SMILES string of the molecule is Cc1ccc(C(=O)Nc2ccc(C(C)(C)O)cc2)c(=O)n1-c1ccc(F)cc1OCC(F)(F)F. The molecule has 3 aromatic rings. The van der Waals surface area contributed by atoms with Crippen LogP contribution in [-0.4, -0.2) is 28.4 Å². The van der Waals surface area contributed by atoms with Gasteiger partial charge >= 0.3 is 6.18 Å². The Morgan fingerprint density at radius 3 is 2.29 bits per heavy atom. The molecule has 1 amide bonds. The van der Waals surface area contributed by atoms with Gasteiger partial charge in [0.1, 0.15) is 17.1 Å². The van der Waals surface area contributed by atoms with Gasteiger partial charge in [-0.1, -0.05) is 12.1 Å². The Hall–Kier alpha value is -3.66. The van der Waals surface area contributed by atoms with Crippen molar-refractivity contribution in [2.45, 2.75) is 32.5 Å². The Morgan fingerprint density at radius 2 is 1.71 bits per heavy atom. The summed E-state index contributed by atoms with van der Waals surface area (Å²) >= 11 is 0. The molecular weight excluding hydrogens is 456 g/mol. The van der Waals surface area contributed by atoms with E-state index in [1.54, 1.807) is 38.1 Å². The summed E-state index contributed by atoms with van der Waals surface area (Å²) in [6.07, 6.45) is -4.67. The van der Waals surface area contributed by atoms with Crippen molar-refractivity contribution in [3.05, 3.63) is 87.6 Å². The number of aliphatic hydroxyl groups is 1. The molecule has 0 aliphatic carbocycles. The van der Waals surface area contributed by atoms with Gasteiger partial charge in [-0.05, 0) is 62.7 Å². The summed E-state index contributed by atoms with van der Waals surface area (Å²) in [6.45, 7) is 3.04. The third kappa shape index (κ3) is 5.82. The number of hydrogen-bond acceptors (Lipinski definition) is 4. The number of halogens is 4. The Labute approximate surface area is 192 Å². The maximum Gasteiger partial charge on any atom is 0.422 e. The number of carbonyl (C=O) groups is 1. The Morgan fingerprint density at radius 1 is 1.06 bits per heavy atom. The fourth-order valence-corrected chi connectivity index (χ4v) is 3.21. The summed E-state index contributed by atoms with van der Waals surface area (Å²) in [7, 11) is 0. The number of pyridine rings is 1. The molecule has 34 heavy (non-hydrogen) atoms. The van der Waals surface area contributed by atoms with Crippen molar-refractivity contribution < 1.29 is 32.2 Å². The van der Waals surface area contributed by atoms with Crippen LogP contribution >= 0.6 is 0 Å². The molecule has 0 aliphatic heterocycles. The van der Waals surface area contributed by atoms with Gasteiger partial charge in [0, 0.05) is 17.4 Å². The van der Waals surface area contributed by atoms with E-state index in [4.69, 9.17) is 4.74 Å². The molecule has 0 saturated heterocycles. The minimum atomic E-state index is -4.67. The number of nitrogens with one attached hydrogen (secondary N) is 1. The van der Waals surface area contributed by atoms with Crippen LogP contribution in [0.3, 0.4) is 0 Å². The molecule has 0 fully saturated rings. The second kappa shape index (κ2) is 9.30. The molecule has 0 spiro atoms. The highest BCUT2D eigenvalue weighted by molar-refractivity contribution is 6.04. The zero-order valence-corrected chi connectivity index (χ0v) is 18.5. The lowest BCUT2D eigenvalue weighted by atomic mass is 9.98. The molecule has 2 aromatic carbocycles. The third-order valence-electron chi connectivity index (χ3n) is 4.93. The van der Waals surface area contributed by atoms with Crippen LogP contribution in [0.2, 0.25) is 0 Å². The quantitative estimate of drug-likeness (QED) is 0.503. The van der Waals surface area contributed by atoms with Crippen molar-refractivity contribution >= 4 is 11.6 Å². The summed E-state index contributed by atoms with van der Waals surface area (Å²) in [5.41, 5.74) is -1.06. The number of aryl methyl sites for hydroxylation is 1. The molecule has 0 unspecified atom stereocenters. The lowest BCUT2D eigenvalue weighted by Crippen LogP contribution is -2.30. The maximum absolute atomic E-state index is 13.7. The van der Waals surface area contributed by atoms with Gasteiger partial charge in [-0.25, -0.2) is 4.39 Å². The zero-order chi connectivity index (χ0) is 25.3. The number of alkyl halides is 3. The second-order valence-electron chi connectivity index (χ2n) is 8.14. The number of benzene rings is 2. The van der Waals surface area contributed by atoms with E-state index in [-0.39, 0.29) is 11.3 Å². The highest BCUT2D eigenvalue weighted by atomic mass is 19.4. The third-order valence-corrected chi connectivity index (χ3v) is 4.93. The smallest absolute Gasteiger partial charge is 0.422 e. The predicted octanol–water partition coefficient (Wildman–Crippen LogP) is 4.71. The summed E-state index contributed by atoms with van der Waals surface area (Å²) in [4.78, 5) is 25.9. The molecular formula is C24H22F4N2O4. The van der Waals surface area contributed by atoms with Crippen LogP contribution in [0.1, 0.15) is 35.5 Å². The molecule has 1 aromatic heterocycles. The summed E-state index contributed by atoms with van der Waals surface area (Å²) in [5.74, 6) is -2.10. The number of anilines is 1. The first-order valence-corrected chi connectivity index (χ1v) is 10.1. The van der Waals surface area contributed by atoms with E-state index in [0.717, 1.165) is 22.8 Å². The van der Waals surface area contributed by atoms with Gasteiger partial charge in [0.15, 0.2) is 6.61 Å². The highest BCUT2D eigenvalue weighted by Gasteiger charge is 2.29. The largest absolute Gasteiger partial charge is 0.482 e. The Bertz CT molecular complexity index is 1260. The molecule has 0 saturated carbocycles. The van der Waals surface area contributed by atoms with Crippen molar-refractivity contribution in [1.82, 2.24) is 4.57 Å². The zero-order valence-electron chi connectivity index (χ0n) is 18.5. The summed E-state index contributed by atoms with van der Waals surface area (Å²) in [5, 5.41) is 12.6. The first-order chi connectivity index (χ1) is 15.8. The fourth-order valence-electron chi connectivity index (χ4n) is 3.21. The van der Waals surface area contributed by atoms with E-state index in [1.165, 1.54) is 19.1 Å². The van der Waals surface area contributed by atoms with Gasteiger partial charge in [-0.3, -0.25) is 14.2 Å². The van der Waals surface area contributed by atoms with Crippen LogP contribution in [0, 0.1) is 12.7 Å². The van der Waals surface area contributed by atoms with Crippen molar-refractivity contribution in [3.63, 3.8) is 0 Å². The van der Waals surface area contributed by atoms with Crippen molar-refractivity contribution in [1.29, 1.82) is 0 Å². The molecule has 0 atom stereocenters. The lowest BCUT2D eigenvalue weighted by molar-refractivity contribution is -0.153. The van der Waals surface area contributed by atoms with Gasteiger partial charge in [-0.2, -0.15) is 13.2 Å². The van der Waals surface area contributed by atoms with Gasteiger partial charge < -0.3 is 15.2 Å². The average molecular weight is 478 g/mol. The van der Waals surface area contributed by atoms with Gasteiger partial charge in [-0.15, -0.1) is 0 Å². The van der Waals surface area contributed by atoms with Crippen molar-refractivity contribution in [2.24, 2.45) is 0 Å². The fraction of sp³-hybridized carbons (Fsp3) is 0.250. The van der Waals surface area contributed by atoms with E-state index in [2.05, 4.69) is 5.32 Å². The maximum atomic E-state index is 13.7. The van der Waals surface area contributed by atoms with E-state index in [0.29, 0.717) is 16.9 Å². The molecule has 10 heteroatoms. The average Bonchev–Trinajstić information content (AvgIpc) is 2.72. The second-order valence-corrected chi connectivity index (χ2v) is 8.14. The normalized spacial score (nSPS) is 11.9. The van der Waals surface area contributed by atoms with Gasteiger partial charge in [0.2, 0.25) is 0 Å². The number of nitrogens with zero attached hydrogens (tertiary/aromatic N) is 1. The Kier molecular flexibility index (Phi) is 6.83. The van der Waals surface area contributed by atoms with Crippen LogP contribution < -0.4 is 15.6 Å². The van der Waals surface area contributed by atoms with Crippen LogP contribution in [0.5, 0.6) is 5.75 Å². The van der Waals surface area contributed by atoms with Gasteiger partial charge in [0.25, 0.3) is 11.5 Å². The first-order valence-electron chi connectivity index (χ1n) is 10.1. The number of rotatable bonds is 6. The number of carbonyl (C=O) groups excluding carboxylic acids is 1. The predicted molar refractivity (Wildman–Crippen MR) is 118 cm³/mol. The Balaban J connectivity index is 1.97. The van der Waals surface area contributed by atoms with E-state index in [1.807, 2.05) is 0 Å². The van der Waals surface area contributed by atoms with Crippen LogP contribution in [0.25, 0.3) is 5.69 Å². The first kappa shape index (κ1) is 25.0. The van der Waals surface area contributed by atoms with Gasteiger partial charge in [0.05, 0.1) is 11.3 Å². The molecule has 0 bridgehead atoms. The van der Waals surface area contributed by atoms with Crippen LogP contribution in [-0.2, 0) is 5.60 Å². The summed E-state index contributed by atoms with van der Waals surface area (Å²) < 4.78 is 57.4. The molecule has 180 valence electrons. The lowest BCUT2D eigenvalue weighted by Gasteiger charge is -2.18. The molecule has 0 radical (unpaired) electrons. The number of amides is 1. The molecule has 6 nitrogen and oxygen atoms in total. The van der Waals surface area contributed by atoms with Crippen molar-refractivity contribution in [3.8, 4) is 11.4 Å². The standard InChI is InChI=1S/C24H22F4N2O4/c1-14-4-10-18(21(31)29-17-8-5-15(6-9-17)23(2,3)33)22(32)30(14)19-11-7-16(25)12-20(19)34-13-24(26,27)28/h4-12,33H,13H2,1-3H3,(H,29,31). The topological polar surface area (TPSA) is 80.6 Å². The molecule has 3 rings (SSSR count). The molecule has 1 heterocycles. The number of aromatic nitrogens is 1. The molecule has 2 N–H and O–H groups in total. The van der Waals surface area contributed by atoms with Crippen LogP contribution in [0.4, 0.5) is 23.2 Å². The summed E-state index contributed by atoms with van der Waals surface area (Å²) in [6, 6.07) is 11.9. The monoisotopic (exact) mass is 478 g/mol. The minimum absolute atomic E-state index is 0.141. The number of hydrogen-bond donors (Lipinski definition) is 2. The highest BCUT2D eigenvalue weighted by Crippen LogP contribution is 2.27. The molecule has 0 aliphatic rings. The van der Waals surface area contributed by atoms with E-state index < -0.39 is 41.4 Å².